The van der Waals surface area contributed by atoms with Gasteiger partial charge in [0.2, 0.25) is 0 Å². The maximum absolute atomic E-state index is 3.83. The third kappa shape index (κ3) is 17.1. The first-order chi connectivity index (χ1) is 11.5. The summed E-state index contributed by atoms with van der Waals surface area (Å²) in [6, 6.07) is 0. The fraction of sp³-hybridized carbons (Fsp3) is 1.00. The van der Waals surface area contributed by atoms with Crippen LogP contribution in [0.25, 0.3) is 0 Å². The molecular formula is C24H51N. The molecule has 0 atom stereocenters. The Bertz CT molecular complexity index is 309. The minimum Gasteiger partial charge on any atom is -0.312 e. The molecular weight excluding hydrogens is 302 g/mol. The standard InChI is InChI=1S/C24H51N/c1-9-10-11-12-13-14-15-16-17-18-19-25-24(7,8)21-23(5,6)20-22(2,3)4/h25H,9-21H2,1-8H3. The maximum Gasteiger partial charge on any atom is 0.0130 e. The van der Waals surface area contributed by atoms with Crippen molar-refractivity contribution in [3.63, 3.8) is 0 Å². The number of hydrogen-bond acceptors (Lipinski definition) is 1. The van der Waals surface area contributed by atoms with Gasteiger partial charge in [0.1, 0.15) is 0 Å². The van der Waals surface area contributed by atoms with Gasteiger partial charge in [0, 0.05) is 5.54 Å². The minimum absolute atomic E-state index is 0.244. The lowest BCUT2D eigenvalue weighted by Gasteiger charge is -2.39. The lowest BCUT2D eigenvalue weighted by Crippen LogP contribution is -2.44. The summed E-state index contributed by atoms with van der Waals surface area (Å²) in [4.78, 5) is 0. The van der Waals surface area contributed by atoms with Gasteiger partial charge in [-0.05, 0) is 50.5 Å². The largest absolute Gasteiger partial charge is 0.312 e. The fourth-order valence-electron chi connectivity index (χ4n) is 4.80. The molecule has 0 fully saturated rings. The van der Waals surface area contributed by atoms with E-state index in [1.165, 1.54) is 83.6 Å². The molecule has 0 saturated carbocycles. The molecule has 0 unspecified atom stereocenters. The first-order valence-electron chi connectivity index (χ1n) is 11.2. The molecule has 0 saturated heterocycles. The van der Waals surface area contributed by atoms with E-state index in [-0.39, 0.29) is 5.54 Å². The number of hydrogen-bond donors (Lipinski definition) is 1. The predicted octanol–water partition coefficient (Wildman–Crippen LogP) is 8.13. The smallest absolute Gasteiger partial charge is 0.0130 e. The third-order valence-electron chi connectivity index (χ3n) is 5.06. The third-order valence-corrected chi connectivity index (χ3v) is 5.06. The molecule has 0 aromatic heterocycles. The van der Waals surface area contributed by atoms with Gasteiger partial charge < -0.3 is 5.32 Å². The van der Waals surface area contributed by atoms with Crippen molar-refractivity contribution < 1.29 is 0 Å². The molecule has 0 aromatic rings. The van der Waals surface area contributed by atoms with Gasteiger partial charge in [-0.2, -0.15) is 0 Å². The second kappa shape index (κ2) is 12.4. The Kier molecular flexibility index (Phi) is 12.3. The van der Waals surface area contributed by atoms with Gasteiger partial charge in [-0.1, -0.05) is 99.3 Å². The summed E-state index contributed by atoms with van der Waals surface area (Å²) in [7, 11) is 0. The van der Waals surface area contributed by atoms with Crippen molar-refractivity contribution in [1.82, 2.24) is 5.32 Å². The highest BCUT2D eigenvalue weighted by atomic mass is 14.9. The molecule has 152 valence electrons. The monoisotopic (exact) mass is 353 g/mol. The maximum atomic E-state index is 3.83. The van der Waals surface area contributed by atoms with Crippen molar-refractivity contribution in [3.8, 4) is 0 Å². The molecule has 0 rings (SSSR count). The molecule has 0 heterocycles. The van der Waals surface area contributed by atoms with Gasteiger partial charge in [0.15, 0.2) is 0 Å². The molecule has 1 N–H and O–H groups in total. The van der Waals surface area contributed by atoms with E-state index in [1.54, 1.807) is 0 Å². The molecule has 0 aliphatic rings. The van der Waals surface area contributed by atoms with E-state index in [1.807, 2.05) is 0 Å². The van der Waals surface area contributed by atoms with Gasteiger partial charge in [0.25, 0.3) is 0 Å². The average Bonchev–Trinajstić information content (AvgIpc) is 2.40. The van der Waals surface area contributed by atoms with Crippen LogP contribution in [0.2, 0.25) is 0 Å². The SMILES string of the molecule is CCCCCCCCCCCCNC(C)(C)CC(C)(C)CC(C)(C)C. The highest BCUT2D eigenvalue weighted by Crippen LogP contribution is 2.38. The zero-order valence-electron chi connectivity index (χ0n) is 19.2. The molecule has 0 bridgehead atoms. The predicted molar refractivity (Wildman–Crippen MR) is 116 cm³/mol. The van der Waals surface area contributed by atoms with E-state index in [0.717, 1.165) is 0 Å². The zero-order chi connectivity index (χ0) is 19.4. The molecule has 0 radical (unpaired) electrons. The van der Waals surface area contributed by atoms with Crippen molar-refractivity contribution in [3.05, 3.63) is 0 Å². The lowest BCUT2D eigenvalue weighted by molar-refractivity contribution is 0.151. The quantitative estimate of drug-likeness (QED) is 0.293. The molecule has 1 nitrogen and oxygen atoms in total. The molecule has 0 aromatic carbocycles. The van der Waals surface area contributed by atoms with Crippen LogP contribution < -0.4 is 5.32 Å². The van der Waals surface area contributed by atoms with E-state index in [2.05, 4.69) is 60.7 Å². The van der Waals surface area contributed by atoms with Crippen LogP contribution >= 0.6 is 0 Å². The van der Waals surface area contributed by atoms with Gasteiger partial charge in [-0.25, -0.2) is 0 Å². The summed E-state index contributed by atoms with van der Waals surface area (Å²) in [6.45, 7) is 20.2. The van der Waals surface area contributed by atoms with Gasteiger partial charge in [0.05, 0.1) is 0 Å². The van der Waals surface area contributed by atoms with Crippen molar-refractivity contribution in [1.29, 1.82) is 0 Å². The van der Waals surface area contributed by atoms with E-state index in [9.17, 15) is 0 Å². The Hall–Kier alpha value is -0.0400. The Labute approximate surface area is 161 Å². The average molecular weight is 354 g/mol. The van der Waals surface area contributed by atoms with Gasteiger partial charge in [-0.3, -0.25) is 0 Å². The molecule has 0 spiro atoms. The Morgan fingerprint density at radius 1 is 0.560 bits per heavy atom. The first-order valence-corrected chi connectivity index (χ1v) is 11.2. The number of unbranched alkanes of at least 4 members (excludes halogenated alkanes) is 9. The highest BCUT2D eigenvalue weighted by Gasteiger charge is 2.31. The van der Waals surface area contributed by atoms with Crippen LogP contribution in [0.3, 0.4) is 0 Å². The zero-order valence-corrected chi connectivity index (χ0v) is 19.2. The topological polar surface area (TPSA) is 12.0 Å². The first kappa shape index (κ1) is 25.0. The van der Waals surface area contributed by atoms with Crippen molar-refractivity contribution in [2.45, 2.75) is 138 Å². The molecule has 0 aliphatic carbocycles. The summed E-state index contributed by atoms with van der Waals surface area (Å²) in [6.07, 6.45) is 16.7. The number of rotatable bonds is 15. The van der Waals surface area contributed by atoms with Gasteiger partial charge >= 0.3 is 0 Å². The Balaban J connectivity index is 3.72. The summed E-state index contributed by atoms with van der Waals surface area (Å²) in [5.41, 5.74) is 1.05. The van der Waals surface area contributed by atoms with Crippen LogP contribution in [0, 0.1) is 10.8 Å². The molecule has 0 amide bonds. The number of nitrogens with one attached hydrogen (secondary N) is 1. The normalized spacial score (nSPS) is 13.4. The van der Waals surface area contributed by atoms with E-state index < -0.39 is 0 Å². The summed E-state index contributed by atoms with van der Waals surface area (Å²) >= 11 is 0. The lowest BCUT2D eigenvalue weighted by atomic mass is 9.70. The van der Waals surface area contributed by atoms with Crippen LogP contribution in [0.15, 0.2) is 0 Å². The molecule has 0 aliphatic heterocycles. The second-order valence-electron chi connectivity index (χ2n) is 11.1. The van der Waals surface area contributed by atoms with Crippen molar-refractivity contribution in [2.24, 2.45) is 10.8 Å². The fourth-order valence-corrected chi connectivity index (χ4v) is 4.80. The Morgan fingerprint density at radius 3 is 1.44 bits per heavy atom. The summed E-state index contributed by atoms with van der Waals surface area (Å²) in [5.74, 6) is 0. The Morgan fingerprint density at radius 2 is 1.00 bits per heavy atom. The summed E-state index contributed by atoms with van der Waals surface area (Å²) in [5, 5.41) is 3.83. The van der Waals surface area contributed by atoms with Crippen LogP contribution in [-0.4, -0.2) is 12.1 Å². The van der Waals surface area contributed by atoms with Crippen molar-refractivity contribution >= 4 is 0 Å². The van der Waals surface area contributed by atoms with E-state index in [4.69, 9.17) is 0 Å². The van der Waals surface area contributed by atoms with Gasteiger partial charge in [-0.15, -0.1) is 0 Å². The van der Waals surface area contributed by atoms with Crippen LogP contribution in [0.5, 0.6) is 0 Å². The minimum atomic E-state index is 0.244. The van der Waals surface area contributed by atoms with Crippen LogP contribution in [0.4, 0.5) is 0 Å². The van der Waals surface area contributed by atoms with E-state index in [0.29, 0.717) is 10.8 Å². The summed E-state index contributed by atoms with van der Waals surface area (Å²) < 4.78 is 0. The second-order valence-corrected chi connectivity index (χ2v) is 11.1. The van der Waals surface area contributed by atoms with Crippen molar-refractivity contribution in [2.75, 3.05) is 6.54 Å². The van der Waals surface area contributed by atoms with Crippen LogP contribution in [0.1, 0.15) is 132 Å². The molecule has 1 heteroatoms. The molecule has 25 heavy (non-hydrogen) atoms. The van der Waals surface area contributed by atoms with E-state index >= 15 is 0 Å². The van der Waals surface area contributed by atoms with Crippen LogP contribution in [-0.2, 0) is 0 Å². The highest BCUT2D eigenvalue weighted by molar-refractivity contribution is 4.87.